The number of hydrogen-bond donors (Lipinski definition) is 2. The molecule has 0 amide bonds. The van der Waals surface area contributed by atoms with Gasteiger partial charge in [-0.2, -0.15) is 0 Å². The van der Waals surface area contributed by atoms with E-state index in [1.54, 1.807) is 0 Å². The van der Waals surface area contributed by atoms with Gasteiger partial charge >= 0.3 is 5.97 Å². The molecule has 4 heteroatoms. The number of Topliss-reactive ketones (excluding diaryl/α,β-unsaturated/α-hetero) is 1. The summed E-state index contributed by atoms with van der Waals surface area (Å²) in [7, 11) is 0. The molecule has 0 aromatic carbocycles. The van der Waals surface area contributed by atoms with E-state index in [0.717, 1.165) is 19.5 Å². The Morgan fingerprint density at radius 2 is 2.00 bits per heavy atom. The summed E-state index contributed by atoms with van der Waals surface area (Å²) >= 11 is 0. The fraction of sp³-hybridized carbons (Fsp3) is 0.750. The van der Waals surface area contributed by atoms with Gasteiger partial charge < -0.3 is 10.4 Å². The summed E-state index contributed by atoms with van der Waals surface area (Å²) in [6, 6.07) is 0. The highest BCUT2D eigenvalue weighted by atomic mass is 16.4. The Morgan fingerprint density at radius 1 is 1.33 bits per heavy atom. The molecule has 0 aliphatic rings. The summed E-state index contributed by atoms with van der Waals surface area (Å²) < 4.78 is 0. The average Bonchev–Trinajstić information content (AvgIpc) is 2.03. The molecule has 0 saturated carbocycles. The molecular weight excluding hydrogens is 158 g/mol. The van der Waals surface area contributed by atoms with Crippen LogP contribution in [0.15, 0.2) is 0 Å². The van der Waals surface area contributed by atoms with Crippen molar-refractivity contribution in [1.29, 1.82) is 0 Å². The minimum atomic E-state index is -1.32. The lowest BCUT2D eigenvalue weighted by atomic mass is 10.2. The van der Waals surface area contributed by atoms with Gasteiger partial charge in [0.25, 0.3) is 0 Å². The largest absolute Gasteiger partial charge is 0.476 e. The van der Waals surface area contributed by atoms with Crippen molar-refractivity contribution in [2.45, 2.75) is 26.2 Å². The lowest BCUT2D eigenvalue weighted by Crippen LogP contribution is -2.16. The first-order valence-corrected chi connectivity index (χ1v) is 4.15. The van der Waals surface area contributed by atoms with Crippen LogP contribution in [0.5, 0.6) is 0 Å². The zero-order chi connectivity index (χ0) is 9.40. The van der Waals surface area contributed by atoms with Gasteiger partial charge in [-0.15, -0.1) is 0 Å². The van der Waals surface area contributed by atoms with Crippen LogP contribution in [0.25, 0.3) is 0 Å². The molecule has 12 heavy (non-hydrogen) atoms. The lowest BCUT2D eigenvalue weighted by Gasteiger charge is -1.99. The van der Waals surface area contributed by atoms with Crippen molar-refractivity contribution in [2.75, 3.05) is 13.1 Å². The van der Waals surface area contributed by atoms with E-state index in [9.17, 15) is 9.59 Å². The topological polar surface area (TPSA) is 66.4 Å². The molecule has 0 spiro atoms. The number of carboxylic acids is 1. The van der Waals surface area contributed by atoms with E-state index in [0.29, 0.717) is 6.42 Å². The van der Waals surface area contributed by atoms with Crippen molar-refractivity contribution in [3.8, 4) is 0 Å². The Morgan fingerprint density at radius 3 is 2.50 bits per heavy atom. The molecule has 0 aromatic rings. The Labute approximate surface area is 72.0 Å². The molecule has 0 atom stereocenters. The molecule has 0 radical (unpaired) electrons. The number of carbonyl (C=O) groups is 2. The maximum Gasteiger partial charge on any atom is 0.372 e. The molecule has 0 rings (SSSR count). The summed E-state index contributed by atoms with van der Waals surface area (Å²) in [5.74, 6) is -2.01. The second-order valence-electron chi connectivity index (χ2n) is 2.54. The normalized spacial score (nSPS) is 9.75. The molecular formula is C8H15NO3. The molecule has 0 aliphatic heterocycles. The highest BCUT2D eigenvalue weighted by molar-refractivity contribution is 6.32. The minimum Gasteiger partial charge on any atom is -0.476 e. The molecule has 4 nitrogen and oxygen atoms in total. The van der Waals surface area contributed by atoms with Crippen molar-refractivity contribution in [2.24, 2.45) is 0 Å². The summed E-state index contributed by atoms with van der Waals surface area (Å²) in [4.78, 5) is 20.6. The van der Waals surface area contributed by atoms with E-state index < -0.39 is 11.8 Å². The number of ketones is 1. The van der Waals surface area contributed by atoms with Gasteiger partial charge in [0, 0.05) is 6.42 Å². The van der Waals surface area contributed by atoms with Gasteiger partial charge in [0.05, 0.1) is 0 Å². The number of carboxylic acid groups (broad SMARTS) is 1. The highest BCUT2D eigenvalue weighted by Crippen LogP contribution is 1.95. The van der Waals surface area contributed by atoms with Crippen LogP contribution >= 0.6 is 0 Å². The molecule has 0 unspecified atom stereocenters. The van der Waals surface area contributed by atoms with Crippen LogP contribution in [-0.4, -0.2) is 29.9 Å². The van der Waals surface area contributed by atoms with Crippen molar-refractivity contribution < 1.29 is 14.7 Å². The molecule has 0 fully saturated rings. The standard InChI is InChI=1S/C8H15NO3/c1-2-9-6-4-3-5-7(10)8(11)12/h9H,2-6H2,1H3,(H,11,12). The first kappa shape index (κ1) is 11.1. The summed E-state index contributed by atoms with van der Waals surface area (Å²) in [6.45, 7) is 3.76. The van der Waals surface area contributed by atoms with E-state index in [4.69, 9.17) is 5.11 Å². The summed E-state index contributed by atoms with van der Waals surface area (Å²) in [6.07, 6.45) is 1.66. The number of unbranched alkanes of at least 4 members (excludes halogenated alkanes) is 1. The monoisotopic (exact) mass is 173 g/mol. The molecule has 70 valence electrons. The van der Waals surface area contributed by atoms with Crippen molar-refractivity contribution in [1.82, 2.24) is 5.32 Å². The van der Waals surface area contributed by atoms with Gasteiger partial charge in [-0.3, -0.25) is 4.79 Å². The fourth-order valence-electron chi connectivity index (χ4n) is 0.819. The van der Waals surface area contributed by atoms with Crippen molar-refractivity contribution in [3.63, 3.8) is 0 Å². The van der Waals surface area contributed by atoms with Gasteiger partial charge in [0.2, 0.25) is 5.78 Å². The van der Waals surface area contributed by atoms with Crippen LogP contribution in [0.3, 0.4) is 0 Å². The van der Waals surface area contributed by atoms with Crippen LogP contribution in [-0.2, 0) is 9.59 Å². The first-order valence-electron chi connectivity index (χ1n) is 4.15. The fourth-order valence-corrected chi connectivity index (χ4v) is 0.819. The minimum absolute atomic E-state index is 0.153. The zero-order valence-electron chi connectivity index (χ0n) is 7.30. The smallest absolute Gasteiger partial charge is 0.372 e. The summed E-state index contributed by atoms with van der Waals surface area (Å²) in [5.41, 5.74) is 0. The second kappa shape index (κ2) is 6.79. The third kappa shape index (κ3) is 5.85. The predicted molar refractivity (Wildman–Crippen MR) is 45.0 cm³/mol. The molecule has 0 heterocycles. The highest BCUT2D eigenvalue weighted by Gasteiger charge is 2.09. The third-order valence-electron chi connectivity index (χ3n) is 1.50. The van der Waals surface area contributed by atoms with Crippen LogP contribution in [0.2, 0.25) is 0 Å². The van der Waals surface area contributed by atoms with Crippen molar-refractivity contribution >= 4 is 11.8 Å². The van der Waals surface area contributed by atoms with E-state index in [1.165, 1.54) is 0 Å². The number of carbonyl (C=O) groups excluding carboxylic acids is 1. The Bertz CT molecular complexity index is 156. The van der Waals surface area contributed by atoms with Crippen LogP contribution in [0, 0.1) is 0 Å². The first-order chi connectivity index (χ1) is 5.68. The van der Waals surface area contributed by atoms with E-state index >= 15 is 0 Å². The van der Waals surface area contributed by atoms with Gasteiger partial charge in [-0.05, 0) is 25.9 Å². The quantitative estimate of drug-likeness (QED) is 0.432. The van der Waals surface area contributed by atoms with Crippen LogP contribution in [0.1, 0.15) is 26.2 Å². The molecule has 0 aliphatic carbocycles. The van der Waals surface area contributed by atoms with Gasteiger partial charge in [0.1, 0.15) is 0 Å². The molecule has 0 saturated heterocycles. The Hall–Kier alpha value is -0.900. The lowest BCUT2D eigenvalue weighted by molar-refractivity contribution is -0.149. The molecule has 0 aromatic heterocycles. The van der Waals surface area contributed by atoms with Gasteiger partial charge in [0.15, 0.2) is 0 Å². The number of hydrogen-bond acceptors (Lipinski definition) is 3. The van der Waals surface area contributed by atoms with E-state index in [2.05, 4.69) is 5.32 Å². The summed E-state index contributed by atoms with van der Waals surface area (Å²) in [5, 5.41) is 11.3. The predicted octanol–water partition coefficient (Wildman–Crippen LogP) is 0.420. The Kier molecular flexibility index (Phi) is 6.28. The second-order valence-corrected chi connectivity index (χ2v) is 2.54. The van der Waals surface area contributed by atoms with E-state index in [1.807, 2.05) is 6.92 Å². The number of nitrogens with one attached hydrogen (secondary N) is 1. The van der Waals surface area contributed by atoms with Crippen LogP contribution < -0.4 is 5.32 Å². The maximum atomic E-state index is 10.6. The Balaban J connectivity index is 3.20. The zero-order valence-corrected chi connectivity index (χ0v) is 7.30. The SMILES string of the molecule is CCNCCCCC(=O)C(=O)O. The molecule has 0 bridgehead atoms. The average molecular weight is 173 g/mol. The van der Waals surface area contributed by atoms with Crippen molar-refractivity contribution in [3.05, 3.63) is 0 Å². The third-order valence-corrected chi connectivity index (χ3v) is 1.50. The van der Waals surface area contributed by atoms with Gasteiger partial charge in [-0.25, -0.2) is 4.79 Å². The van der Waals surface area contributed by atoms with Crippen LogP contribution in [0.4, 0.5) is 0 Å². The molecule has 2 N–H and O–H groups in total. The van der Waals surface area contributed by atoms with Gasteiger partial charge in [-0.1, -0.05) is 6.92 Å². The maximum absolute atomic E-state index is 10.6. The van der Waals surface area contributed by atoms with E-state index in [-0.39, 0.29) is 6.42 Å². The number of rotatable bonds is 7. The number of aliphatic carboxylic acids is 1.